The van der Waals surface area contributed by atoms with E-state index < -0.39 is 0 Å². The third-order valence-electron chi connectivity index (χ3n) is 3.80. The fourth-order valence-electron chi connectivity index (χ4n) is 2.56. The molecule has 2 aromatic rings. The third-order valence-corrected chi connectivity index (χ3v) is 3.80. The molecule has 0 saturated carbocycles. The Hall–Kier alpha value is -2.72. The van der Waals surface area contributed by atoms with Crippen LogP contribution in [-0.2, 0) is 9.53 Å². The van der Waals surface area contributed by atoms with Crippen LogP contribution in [0, 0.1) is 18.3 Å². The molecule has 1 N–H and O–H groups in total. The van der Waals surface area contributed by atoms with Crippen LogP contribution < -0.4 is 5.32 Å². The first-order chi connectivity index (χ1) is 11.2. The molecule has 3 rings (SSSR count). The predicted octanol–water partition coefficient (Wildman–Crippen LogP) is 1.08. The molecule has 23 heavy (non-hydrogen) atoms. The van der Waals surface area contributed by atoms with Gasteiger partial charge in [0.25, 0.3) is 0 Å². The first kappa shape index (κ1) is 15.2. The van der Waals surface area contributed by atoms with Crippen LogP contribution in [0.5, 0.6) is 0 Å². The van der Waals surface area contributed by atoms with E-state index in [9.17, 15) is 10.1 Å². The average molecular weight is 311 g/mol. The molecule has 0 aliphatic carbocycles. The Morgan fingerprint density at radius 3 is 2.91 bits per heavy atom. The highest BCUT2D eigenvalue weighted by molar-refractivity contribution is 5.94. The van der Waals surface area contributed by atoms with E-state index in [1.54, 1.807) is 4.90 Å². The first-order valence-electron chi connectivity index (χ1n) is 7.45. The minimum absolute atomic E-state index is 0.0187. The number of fused-ring (bicyclic) bond motifs is 1. The summed E-state index contributed by atoms with van der Waals surface area (Å²) >= 11 is 0. The molecule has 1 aromatic heterocycles. The zero-order valence-corrected chi connectivity index (χ0v) is 12.9. The van der Waals surface area contributed by atoms with Gasteiger partial charge in [-0.15, -0.1) is 10.2 Å². The Morgan fingerprint density at radius 2 is 2.17 bits per heavy atom. The van der Waals surface area contributed by atoms with Crippen LogP contribution in [0.1, 0.15) is 11.3 Å². The number of anilines is 1. The Morgan fingerprint density at radius 1 is 1.39 bits per heavy atom. The van der Waals surface area contributed by atoms with Crippen molar-refractivity contribution in [1.82, 2.24) is 15.1 Å². The zero-order valence-electron chi connectivity index (χ0n) is 12.9. The minimum atomic E-state index is -0.0187. The van der Waals surface area contributed by atoms with E-state index in [2.05, 4.69) is 15.5 Å². The Kier molecular flexibility index (Phi) is 4.35. The molecule has 2 heterocycles. The quantitative estimate of drug-likeness (QED) is 0.912. The van der Waals surface area contributed by atoms with Crippen molar-refractivity contribution in [2.75, 3.05) is 38.2 Å². The lowest BCUT2D eigenvalue weighted by atomic mass is 10.1. The van der Waals surface area contributed by atoms with E-state index in [0.717, 1.165) is 10.9 Å². The molecule has 0 radical (unpaired) electrons. The van der Waals surface area contributed by atoms with Crippen molar-refractivity contribution in [3.63, 3.8) is 0 Å². The van der Waals surface area contributed by atoms with Gasteiger partial charge in [-0.05, 0) is 19.1 Å². The topological polar surface area (TPSA) is 91.1 Å². The van der Waals surface area contributed by atoms with E-state index in [1.807, 2.05) is 31.2 Å². The number of morpholine rings is 1. The average Bonchev–Trinajstić information content (AvgIpc) is 2.60. The van der Waals surface area contributed by atoms with Gasteiger partial charge in [0.1, 0.15) is 6.07 Å². The van der Waals surface area contributed by atoms with Gasteiger partial charge < -0.3 is 15.0 Å². The van der Waals surface area contributed by atoms with Crippen molar-refractivity contribution >= 4 is 22.5 Å². The Labute approximate surface area is 133 Å². The standard InChI is InChI=1S/C16H17N5O2/c1-11-2-3-13-12(8-11)16(14(9-17)20-19-13)18-10-15(22)21-4-6-23-7-5-21/h2-3,8H,4-7,10H2,1H3,(H,18,19). The van der Waals surface area contributed by atoms with Gasteiger partial charge in [0.05, 0.1) is 31.0 Å². The lowest BCUT2D eigenvalue weighted by molar-refractivity contribution is -0.133. The maximum Gasteiger partial charge on any atom is 0.242 e. The summed E-state index contributed by atoms with van der Waals surface area (Å²) in [5.74, 6) is -0.0187. The van der Waals surface area contributed by atoms with Crippen LogP contribution in [0.2, 0.25) is 0 Å². The second-order valence-corrected chi connectivity index (χ2v) is 5.40. The van der Waals surface area contributed by atoms with Crippen LogP contribution in [-0.4, -0.2) is 53.9 Å². The van der Waals surface area contributed by atoms with Gasteiger partial charge >= 0.3 is 0 Å². The van der Waals surface area contributed by atoms with Gasteiger partial charge in [0.2, 0.25) is 5.91 Å². The summed E-state index contributed by atoms with van der Waals surface area (Å²) in [6, 6.07) is 7.76. The van der Waals surface area contributed by atoms with E-state index >= 15 is 0 Å². The summed E-state index contributed by atoms with van der Waals surface area (Å²) in [6.45, 7) is 4.40. The SMILES string of the molecule is Cc1ccc2nnc(C#N)c(NCC(=O)N3CCOCC3)c2c1. The molecule has 7 nitrogen and oxygen atoms in total. The lowest BCUT2D eigenvalue weighted by Gasteiger charge is -2.27. The minimum Gasteiger partial charge on any atom is -0.378 e. The van der Waals surface area contributed by atoms with Crippen LogP contribution in [0.4, 0.5) is 5.69 Å². The van der Waals surface area contributed by atoms with Crippen LogP contribution in [0.15, 0.2) is 18.2 Å². The highest BCUT2D eigenvalue weighted by Crippen LogP contribution is 2.24. The monoisotopic (exact) mass is 311 g/mol. The van der Waals surface area contributed by atoms with E-state index in [0.29, 0.717) is 37.5 Å². The van der Waals surface area contributed by atoms with Crippen LogP contribution >= 0.6 is 0 Å². The normalized spacial score (nSPS) is 14.5. The van der Waals surface area contributed by atoms with Gasteiger partial charge in [0.15, 0.2) is 5.69 Å². The number of hydrogen-bond donors (Lipinski definition) is 1. The van der Waals surface area contributed by atoms with Crippen molar-refractivity contribution in [3.05, 3.63) is 29.5 Å². The number of nitrogens with zero attached hydrogens (tertiary/aromatic N) is 4. The summed E-state index contributed by atoms with van der Waals surface area (Å²) in [6.07, 6.45) is 0. The summed E-state index contributed by atoms with van der Waals surface area (Å²) < 4.78 is 5.24. The number of rotatable bonds is 3. The summed E-state index contributed by atoms with van der Waals surface area (Å²) in [4.78, 5) is 14.0. The number of nitrogens with one attached hydrogen (secondary N) is 1. The Balaban J connectivity index is 1.85. The largest absolute Gasteiger partial charge is 0.378 e. The highest BCUT2D eigenvalue weighted by Gasteiger charge is 2.18. The number of carbonyl (C=O) groups excluding carboxylic acids is 1. The van der Waals surface area contributed by atoms with Crippen LogP contribution in [0.3, 0.4) is 0 Å². The molecule has 7 heteroatoms. The predicted molar refractivity (Wildman–Crippen MR) is 84.9 cm³/mol. The van der Waals surface area contributed by atoms with Crippen molar-refractivity contribution in [3.8, 4) is 6.07 Å². The number of hydrogen-bond acceptors (Lipinski definition) is 6. The number of ether oxygens (including phenoxy) is 1. The van der Waals surface area contributed by atoms with E-state index in [1.165, 1.54) is 0 Å². The van der Waals surface area contributed by atoms with E-state index in [4.69, 9.17) is 4.74 Å². The molecule has 118 valence electrons. The molecule has 1 fully saturated rings. The lowest BCUT2D eigenvalue weighted by Crippen LogP contribution is -2.43. The number of carbonyl (C=O) groups is 1. The number of benzene rings is 1. The molecule has 0 atom stereocenters. The first-order valence-corrected chi connectivity index (χ1v) is 7.45. The van der Waals surface area contributed by atoms with Gasteiger partial charge in [0, 0.05) is 18.5 Å². The molecule has 0 spiro atoms. The summed E-state index contributed by atoms with van der Waals surface area (Å²) in [5, 5.41) is 21.1. The molecule has 1 aromatic carbocycles. The van der Waals surface area contributed by atoms with Crippen molar-refractivity contribution in [2.24, 2.45) is 0 Å². The van der Waals surface area contributed by atoms with Crippen molar-refractivity contribution in [2.45, 2.75) is 6.92 Å². The van der Waals surface area contributed by atoms with Gasteiger partial charge in [-0.2, -0.15) is 5.26 Å². The number of aromatic nitrogens is 2. The van der Waals surface area contributed by atoms with Crippen molar-refractivity contribution < 1.29 is 9.53 Å². The molecule has 1 saturated heterocycles. The third kappa shape index (κ3) is 3.22. The Bertz CT molecular complexity index is 778. The van der Waals surface area contributed by atoms with Gasteiger partial charge in [-0.25, -0.2) is 0 Å². The summed E-state index contributed by atoms with van der Waals surface area (Å²) in [5.41, 5.74) is 2.49. The molecule has 1 aliphatic rings. The van der Waals surface area contributed by atoms with Crippen LogP contribution in [0.25, 0.3) is 10.9 Å². The maximum atomic E-state index is 12.3. The molecular weight excluding hydrogens is 294 g/mol. The second-order valence-electron chi connectivity index (χ2n) is 5.40. The maximum absolute atomic E-state index is 12.3. The van der Waals surface area contributed by atoms with Gasteiger partial charge in [-0.1, -0.05) is 11.6 Å². The van der Waals surface area contributed by atoms with E-state index in [-0.39, 0.29) is 18.1 Å². The zero-order chi connectivity index (χ0) is 16.2. The molecule has 1 amide bonds. The molecular formula is C16H17N5O2. The fraction of sp³-hybridized carbons (Fsp3) is 0.375. The highest BCUT2D eigenvalue weighted by atomic mass is 16.5. The number of amides is 1. The smallest absolute Gasteiger partial charge is 0.242 e. The second kappa shape index (κ2) is 6.58. The molecule has 1 aliphatic heterocycles. The van der Waals surface area contributed by atoms with Gasteiger partial charge in [-0.3, -0.25) is 4.79 Å². The van der Waals surface area contributed by atoms with Crippen molar-refractivity contribution in [1.29, 1.82) is 5.26 Å². The molecule has 0 unspecified atom stereocenters. The number of aryl methyl sites for hydroxylation is 1. The fourth-order valence-corrected chi connectivity index (χ4v) is 2.56. The number of nitriles is 1. The summed E-state index contributed by atoms with van der Waals surface area (Å²) in [7, 11) is 0. The molecule has 0 bridgehead atoms.